The summed E-state index contributed by atoms with van der Waals surface area (Å²) in [5.41, 5.74) is 1.68. The molecule has 0 saturated heterocycles. The van der Waals surface area contributed by atoms with Crippen LogP contribution in [0.1, 0.15) is 16.1 Å². The topological polar surface area (TPSA) is 89.5 Å². The number of nitrogens with zero attached hydrogens (tertiary/aromatic N) is 1. The zero-order valence-corrected chi connectivity index (χ0v) is 18.1. The fourth-order valence-electron chi connectivity index (χ4n) is 2.53. The number of ether oxygens (including phenoxy) is 2. The van der Waals surface area contributed by atoms with Crippen molar-refractivity contribution in [1.29, 1.82) is 0 Å². The minimum Gasteiger partial charge on any atom is -0.493 e. The Kier molecular flexibility index (Phi) is 6.84. The first-order chi connectivity index (χ1) is 14.0. The standard InChI is InChI=1S/C20H18BrN3O4S/c1-27-16-7-6-12(8-17(16)28-2)19(26)24-20-23-15(11-29-20)10-18(25)22-14-5-3-4-13(21)9-14/h3-9,11H,10H2,1-2H3,(H,22,25)(H,23,24,26). The number of amides is 2. The zero-order chi connectivity index (χ0) is 20.8. The number of nitrogens with one attached hydrogen (secondary N) is 2. The van der Waals surface area contributed by atoms with Gasteiger partial charge in [-0.15, -0.1) is 11.3 Å². The van der Waals surface area contributed by atoms with Gasteiger partial charge >= 0.3 is 0 Å². The molecule has 0 spiro atoms. The third-order valence-corrected chi connectivity index (χ3v) is 5.17. The largest absolute Gasteiger partial charge is 0.493 e. The number of halogens is 1. The maximum Gasteiger partial charge on any atom is 0.257 e. The van der Waals surface area contributed by atoms with E-state index in [-0.39, 0.29) is 18.2 Å². The van der Waals surface area contributed by atoms with Crippen LogP contribution in [0.5, 0.6) is 11.5 Å². The van der Waals surface area contributed by atoms with Gasteiger partial charge in [-0.25, -0.2) is 4.98 Å². The van der Waals surface area contributed by atoms with Crippen LogP contribution in [0, 0.1) is 0 Å². The summed E-state index contributed by atoms with van der Waals surface area (Å²) in [5.74, 6) is 0.484. The quantitative estimate of drug-likeness (QED) is 0.529. The number of carbonyl (C=O) groups is 2. The van der Waals surface area contributed by atoms with Gasteiger partial charge < -0.3 is 14.8 Å². The lowest BCUT2D eigenvalue weighted by Crippen LogP contribution is -2.15. The van der Waals surface area contributed by atoms with Gasteiger partial charge in [-0.2, -0.15) is 0 Å². The molecule has 0 bridgehead atoms. The Morgan fingerprint density at radius 3 is 2.59 bits per heavy atom. The molecule has 1 heterocycles. The normalized spacial score (nSPS) is 10.3. The van der Waals surface area contributed by atoms with Gasteiger partial charge in [-0.3, -0.25) is 14.9 Å². The molecule has 2 N–H and O–H groups in total. The van der Waals surface area contributed by atoms with E-state index in [1.165, 1.54) is 25.6 Å². The van der Waals surface area contributed by atoms with Crippen LogP contribution in [0.25, 0.3) is 0 Å². The Labute approximate surface area is 180 Å². The van der Waals surface area contributed by atoms with Gasteiger partial charge in [0.15, 0.2) is 16.6 Å². The molecule has 9 heteroatoms. The summed E-state index contributed by atoms with van der Waals surface area (Å²) in [5, 5.41) is 7.70. The van der Waals surface area contributed by atoms with E-state index in [2.05, 4.69) is 31.5 Å². The van der Waals surface area contributed by atoms with Crippen LogP contribution >= 0.6 is 27.3 Å². The molecule has 0 saturated carbocycles. The van der Waals surface area contributed by atoms with Gasteiger partial charge in [0.05, 0.1) is 26.3 Å². The van der Waals surface area contributed by atoms with E-state index in [0.717, 1.165) is 4.47 Å². The van der Waals surface area contributed by atoms with Crippen molar-refractivity contribution in [2.24, 2.45) is 0 Å². The van der Waals surface area contributed by atoms with E-state index < -0.39 is 0 Å². The highest BCUT2D eigenvalue weighted by Gasteiger charge is 2.14. The number of rotatable bonds is 7. The summed E-state index contributed by atoms with van der Waals surface area (Å²) < 4.78 is 11.3. The first-order valence-corrected chi connectivity index (χ1v) is 10.2. The van der Waals surface area contributed by atoms with Crippen LogP contribution < -0.4 is 20.1 Å². The van der Waals surface area contributed by atoms with Crippen LogP contribution in [-0.4, -0.2) is 31.0 Å². The molecule has 0 aliphatic heterocycles. The monoisotopic (exact) mass is 475 g/mol. The van der Waals surface area contributed by atoms with Crippen LogP contribution in [0.4, 0.5) is 10.8 Å². The van der Waals surface area contributed by atoms with Crippen LogP contribution in [0.15, 0.2) is 52.3 Å². The van der Waals surface area contributed by atoms with E-state index in [0.29, 0.717) is 33.6 Å². The van der Waals surface area contributed by atoms with Gasteiger partial charge in [-0.05, 0) is 36.4 Å². The first kappa shape index (κ1) is 20.8. The molecule has 0 radical (unpaired) electrons. The number of methoxy groups -OCH3 is 2. The van der Waals surface area contributed by atoms with Crippen LogP contribution in [0.3, 0.4) is 0 Å². The summed E-state index contributed by atoms with van der Waals surface area (Å²) in [6.45, 7) is 0. The van der Waals surface area contributed by atoms with Gasteiger partial charge in [0.25, 0.3) is 5.91 Å². The van der Waals surface area contributed by atoms with E-state index in [1.54, 1.807) is 29.6 Å². The number of anilines is 2. The Hall–Kier alpha value is -2.91. The molecule has 7 nitrogen and oxygen atoms in total. The highest BCUT2D eigenvalue weighted by atomic mass is 79.9. The highest BCUT2D eigenvalue weighted by Crippen LogP contribution is 2.28. The fourth-order valence-corrected chi connectivity index (χ4v) is 3.63. The average molecular weight is 476 g/mol. The molecule has 29 heavy (non-hydrogen) atoms. The highest BCUT2D eigenvalue weighted by molar-refractivity contribution is 9.10. The molecule has 2 amide bonds. The second kappa shape index (κ2) is 9.53. The molecule has 150 valence electrons. The summed E-state index contributed by atoms with van der Waals surface area (Å²) in [6, 6.07) is 12.2. The maximum absolute atomic E-state index is 12.5. The summed E-state index contributed by atoms with van der Waals surface area (Å²) in [6.07, 6.45) is 0.106. The third-order valence-electron chi connectivity index (χ3n) is 3.87. The van der Waals surface area contributed by atoms with Crippen molar-refractivity contribution in [2.75, 3.05) is 24.9 Å². The molecule has 3 rings (SSSR count). The molecule has 0 atom stereocenters. The van der Waals surface area contributed by atoms with Crippen molar-refractivity contribution in [1.82, 2.24) is 4.98 Å². The van der Waals surface area contributed by atoms with Crippen LogP contribution in [-0.2, 0) is 11.2 Å². The first-order valence-electron chi connectivity index (χ1n) is 8.51. The minimum atomic E-state index is -0.328. The van der Waals surface area contributed by atoms with Crippen molar-refractivity contribution in [3.05, 3.63) is 63.6 Å². The lowest BCUT2D eigenvalue weighted by Gasteiger charge is -2.09. The predicted molar refractivity (Wildman–Crippen MR) is 116 cm³/mol. The lowest BCUT2D eigenvalue weighted by atomic mass is 10.2. The van der Waals surface area contributed by atoms with Crippen molar-refractivity contribution in [3.8, 4) is 11.5 Å². The van der Waals surface area contributed by atoms with E-state index in [9.17, 15) is 9.59 Å². The number of hydrogen-bond acceptors (Lipinski definition) is 6. The number of hydrogen-bond donors (Lipinski definition) is 2. The summed E-state index contributed by atoms with van der Waals surface area (Å²) in [7, 11) is 3.04. The van der Waals surface area contributed by atoms with Crippen molar-refractivity contribution < 1.29 is 19.1 Å². The van der Waals surface area contributed by atoms with Crippen molar-refractivity contribution in [3.63, 3.8) is 0 Å². The minimum absolute atomic E-state index is 0.106. The van der Waals surface area contributed by atoms with Crippen molar-refractivity contribution >= 4 is 49.9 Å². The second-order valence-corrected chi connectivity index (χ2v) is 7.68. The molecular formula is C20H18BrN3O4S. The number of aromatic nitrogens is 1. The molecule has 0 aliphatic carbocycles. The van der Waals surface area contributed by atoms with E-state index in [1.807, 2.05) is 18.2 Å². The lowest BCUT2D eigenvalue weighted by molar-refractivity contribution is -0.115. The van der Waals surface area contributed by atoms with Gasteiger partial charge in [0.2, 0.25) is 5.91 Å². The molecule has 0 unspecified atom stereocenters. The molecule has 2 aromatic carbocycles. The average Bonchev–Trinajstić information content (AvgIpc) is 3.13. The molecule has 0 fully saturated rings. The number of thiazole rings is 1. The Balaban J connectivity index is 1.61. The second-order valence-electron chi connectivity index (χ2n) is 5.90. The molecule has 1 aromatic heterocycles. The Morgan fingerprint density at radius 2 is 1.86 bits per heavy atom. The SMILES string of the molecule is COc1ccc(C(=O)Nc2nc(CC(=O)Nc3cccc(Br)c3)cs2)cc1OC. The van der Waals surface area contributed by atoms with Gasteiger partial charge in [-0.1, -0.05) is 22.0 Å². The van der Waals surface area contributed by atoms with Gasteiger partial charge in [0.1, 0.15) is 0 Å². The Bertz CT molecular complexity index is 1040. The molecular weight excluding hydrogens is 458 g/mol. The predicted octanol–water partition coefficient (Wildman–Crippen LogP) is 4.36. The number of benzene rings is 2. The smallest absolute Gasteiger partial charge is 0.257 e. The molecule has 3 aromatic rings. The zero-order valence-electron chi connectivity index (χ0n) is 15.7. The van der Waals surface area contributed by atoms with E-state index >= 15 is 0 Å². The van der Waals surface area contributed by atoms with Crippen LogP contribution in [0.2, 0.25) is 0 Å². The van der Waals surface area contributed by atoms with Gasteiger partial charge in [0, 0.05) is 21.1 Å². The van der Waals surface area contributed by atoms with Crippen molar-refractivity contribution in [2.45, 2.75) is 6.42 Å². The third kappa shape index (κ3) is 5.55. The summed E-state index contributed by atoms with van der Waals surface area (Å²) in [4.78, 5) is 29.0. The fraction of sp³-hybridized carbons (Fsp3) is 0.150. The molecule has 0 aliphatic rings. The Morgan fingerprint density at radius 1 is 1.07 bits per heavy atom. The van der Waals surface area contributed by atoms with E-state index in [4.69, 9.17) is 9.47 Å². The number of carbonyl (C=O) groups excluding carboxylic acids is 2. The maximum atomic E-state index is 12.5. The summed E-state index contributed by atoms with van der Waals surface area (Å²) >= 11 is 4.62.